The van der Waals surface area contributed by atoms with Crippen LogP contribution in [0.1, 0.15) is 5.56 Å². The number of nitrogens with zero attached hydrogens (tertiary/aromatic N) is 1. The van der Waals surface area contributed by atoms with Gasteiger partial charge in [0.15, 0.2) is 0 Å². The fourth-order valence-corrected chi connectivity index (χ4v) is 2.19. The number of hydrazone groups is 1. The van der Waals surface area contributed by atoms with Crippen molar-refractivity contribution in [2.75, 3.05) is 5.43 Å². The zero-order valence-electron chi connectivity index (χ0n) is 11.2. The molecule has 0 heterocycles. The van der Waals surface area contributed by atoms with Crippen LogP contribution in [0.25, 0.3) is 10.8 Å². The molecule has 4 heteroatoms. The maximum absolute atomic E-state index is 5.84. The van der Waals surface area contributed by atoms with E-state index in [2.05, 4.69) is 34.8 Å². The largest absolute Gasteiger partial charge is 0.279 e. The molecule has 0 radical (unpaired) electrons. The minimum atomic E-state index is 0. The van der Waals surface area contributed by atoms with E-state index in [1.165, 1.54) is 10.8 Å². The predicted octanol–water partition coefficient (Wildman–Crippen LogP) is 5.36. The predicted molar refractivity (Wildman–Crippen MR) is 93.9 cm³/mol. The molecule has 3 rings (SSSR count). The molecule has 0 atom stereocenters. The summed E-state index contributed by atoms with van der Waals surface area (Å²) in [4.78, 5) is 0. The molecule has 3 aromatic carbocycles. The highest BCUT2D eigenvalue weighted by Crippen LogP contribution is 2.17. The summed E-state index contributed by atoms with van der Waals surface area (Å²) in [6.45, 7) is 0. The van der Waals surface area contributed by atoms with E-state index in [9.17, 15) is 0 Å². The van der Waals surface area contributed by atoms with Gasteiger partial charge in [-0.2, -0.15) is 5.10 Å². The summed E-state index contributed by atoms with van der Waals surface area (Å²) in [6.07, 6.45) is 1.83. The number of anilines is 1. The second-order valence-electron chi connectivity index (χ2n) is 4.45. The summed E-state index contributed by atoms with van der Waals surface area (Å²) < 4.78 is 0. The van der Waals surface area contributed by atoms with Gasteiger partial charge in [0.2, 0.25) is 0 Å². The minimum Gasteiger partial charge on any atom is -0.279 e. The van der Waals surface area contributed by atoms with Crippen LogP contribution in [0.15, 0.2) is 71.8 Å². The summed E-state index contributed by atoms with van der Waals surface area (Å²) in [5, 5.41) is 7.39. The van der Waals surface area contributed by atoms with Gasteiger partial charge in [-0.25, -0.2) is 0 Å². The lowest BCUT2D eigenvalue weighted by Crippen LogP contribution is -1.91. The van der Waals surface area contributed by atoms with Crippen LogP contribution in [0.4, 0.5) is 5.69 Å². The van der Waals surface area contributed by atoms with Gasteiger partial charge in [0, 0.05) is 10.6 Å². The number of rotatable bonds is 3. The number of fused-ring (bicyclic) bond motifs is 1. The first-order chi connectivity index (χ1) is 9.83. The molecule has 0 aromatic heterocycles. The van der Waals surface area contributed by atoms with Crippen LogP contribution in [0, 0.1) is 0 Å². The third-order valence-corrected chi connectivity index (χ3v) is 3.32. The lowest BCUT2D eigenvalue weighted by molar-refractivity contribution is 1.35. The van der Waals surface area contributed by atoms with Gasteiger partial charge in [-0.05, 0) is 35.0 Å². The van der Waals surface area contributed by atoms with E-state index < -0.39 is 0 Å². The van der Waals surface area contributed by atoms with E-state index in [4.69, 9.17) is 11.6 Å². The molecule has 0 saturated heterocycles. The fourth-order valence-electron chi connectivity index (χ4n) is 2.06. The SMILES string of the molecule is Cl.Clc1ccc(N/N=C/c2cccc3ccccc23)cc1. The quantitative estimate of drug-likeness (QED) is 0.510. The van der Waals surface area contributed by atoms with Crippen molar-refractivity contribution in [1.82, 2.24) is 0 Å². The lowest BCUT2D eigenvalue weighted by atomic mass is 10.1. The van der Waals surface area contributed by atoms with Gasteiger partial charge in [0.1, 0.15) is 0 Å². The van der Waals surface area contributed by atoms with Gasteiger partial charge in [0.25, 0.3) is 0 Å². The Balaban J connectivity index is 0.00000161. The Bertz CT molecular complexity index is 747. The highest BCUT2D eigenvalue weighted by atomic mass is 35.5. The van der Waals surface area contributed by atoms with Crippen molar-refractivity contribution in [3.05, 3.63) is 77.3 Å². The molecular formula is C17H14Cl2N2. The Hall–Kier alpha value is -2.03. The van der Waals surface area contributed by atoms with Gasteiger partial charge >= 0.3 is 0 Å². The molecule has 106 valence electrons. The second-order valence-corrected chi connectivity index (χ2v) is 4.88. The first kappa shape index (κ1) is 15.4. The summed E-state index contributed by atoms with van der Waals surface area (Å²) in [5.41, 5.74) is 4.99. The van der Waals surface area contributed by atoms with E-state index in [1.807, 2.05) is 48.7 Å². The first-order valence-corrected chi connectivity index (χ1v) is 6.73. The van der Waals surface area contributed by atoms with Gasteiger partial charge in [-0.1, -0.05) is 54.1 Å². The van der Waals surface area contributed by atoms with Gasteiger partial charge in [-0.15, -0.1) is 12.4 Å². The van der Waals surface area contributed by atoms with Crippen LogP contribution in [0.3, 0.4) is 0 Å². The summed E-state index contributed by atoms with van der Waals surface area (Å²) in [5.74, 6) is 0. The summed E-state index contributed by atoms with van der Waals surface area (Å²) in [6, 6.07) is 21.9. The zero-order chi connectivity index (χ0) is 13.8. The van der Waals surface area contributed by atoms with E-state index in [0.29, 0.717) is 5.02 Å². The average Bonchev–Trinajstić information content (AvgIpc) is 2.49. The molecule has 0 fully saturated rings. The minimum absolute atomic E-state index is 0. The number of halogens is 2. The standard InChI is InChI=1S/C17H13ClN2.ClH/c18-15-8-10-16(11-9-15)20-19-12-14-6-3-5-13-4-1-2-7-17(13)14;/h1-12,20H;1H/b19-12+;. The molecule has 0 aliphatic carbocycles. The molecule has 21 heavy (non-hydrogen) atoms. The normalized spacial score (nSPS) is 10.5. The summed E-state index contributed by atoms with van der Waals surface area (Å²) in [7, 11) is 0. The van der Waals surface area contributed by atoms with Crippen molar-refractivity contribution < 1.29 is 0 Å². The van der Waals surface area contributed by atoms with Crippen LogP contribution >= 0.6 is 24.0 Å². The maximum atomic E-state index is 5.84. The molecular weight excluding hydrogens is 303 g/mol. The topological polar surface area (TPSA) is 24.4 Å². The highest BCUT2D eigenvalue weighted by Gasteiger charge is 1.96. The third-order valence-electron chi connectivity index (χ3n) is 3.06. The number of benzene rings is 3. The number of hydrogen-bond acceptors (Lipinski definition) is 2. The Morgan fingerprint density at radius 1 is 0.857 bits per heavy atom. The van der Waals surface area contributed by atoms with Crippen molar-refractivity contribution in [2.24, 2.45) is 5.10 Å². The molecule has 1 N–H and O–H groups in total. The van der Waals surface area contributed by atoms with E-state index >= 15 is 0 Å². The monoisotopic (exact) mass is 316 g/mol. The third kappa shape index (κ3) is 3.75. The Morgan fingerprint density at radius 3 is 2.38 bits per heavy atom. The molecule has 0 bridgehead atoms. The second kappa shape index (κ2) is 7.11. The van der Waals surface area contributed by atoms with Crippen molar-refractivity contribution in [3.63, 3.8) is 0 Å². The highest BCUT2D eigenvalue weighted by molar-refractivity contribution is 6.30. The fraction of sp³-hybridized carbons (Fsp3) is 0. The van der Waals surface area contributed by atoms with Crippen molar-refractivity contribution in [2.45, 2.75) is 0 Å². The molecule has 0 unspecified atom stereocenters. The molecule has 0 aliphatic rings. The van der Waals surface area contributed by atoms with Crippen LogP contribution < -0.4 is 5.43 Å². The van der Waals surface area contributed by atoms with Crippen molar-refractivity contribution >= 4 is 46.7 Å². The van der Waals surface area contributed by atoms with Gasteiger partial charge < -0.3 is 0 Å². The molecule has 2 nitrogen and oxygen atoms in total. The van der Waals surface area contributed by atoms with Crippen LogP contribution in [-0.2, 0) is 0 Å². The van der Waals surface area contributed by atoms with Crippen LogP contribution in [-0.4, -0.2) is 6.21 Å². The van der Waals surface area contributed by atoms with E-state index in [-0.39, 0.29) is 12.4 Å². The number of hydrogen-bond donors (Lipinski definition) is 1. The molecule has 0 amide bonds. The Labute approximate surface area is 134 Å². The van der Waals surface area contributed by atoms with E-state index in [0.717, 1.165) is 11.3 Å². The van der Waals surface area contributed by atoms with Gasteiger partial charge in [-0.3, -0.25) is 5.43 Å². The maximum Gasteiger partial charge on any atom is 0.0562 e. The summed E-state index contributed by atoms with van der Waals surface area (Å²) >= 11 is 5.84. The Kier molecular flexibility index (Phi) is 5.20. The zero-order valence-corrected chi connectivity index (χ0v) is 12.7. The molecule has 3 aromatic rings. The van der Waals surface area contributed by atoms with Crippen LogP contribution in [0.5, 0.6) is 0 Å². The Morgan fingerprint density at radius 2 is 1.57 bits per heavy atom. The molecule has 0 aliphatic heterocycles. The van der Waals surface area contributed by atoms with Crippen molar-refractivity contribution in [1.29, 1.82) is 0 Å². The molecule has 0 spiro atoms. The number of nitrogens with one attached hydrogen (secondary N) is 1. The van der Waals surface area contributed by atoms with Crippen LogP contribution in [0.2, 0.25) is 5.02 Å². The average molecular weight is 317 g/mol. The first-order valence-electron chi connectivity index (χ1n) is 6.35. The van der Waals surface area contributed by atoms with Gasteiger partial charge in [0.05, 0.1) is 11.9 Å². The van der Waals surface area contributed by atoms with E-state index in [1.54, 1.807) is 0 Å². The molecule has 0 saturated carbocycles. The smallest absolute Gasteiger partial charge is 0.0562 e. The lowest BCUT2D eigenvalue weighted by Gasteiger charge is -2.02. The van der Waals surface area contributed by atoms with Crippen molar-refractivity contribution in [3.8, 4) is 0 Å².